The normalized spacial score (nSPS) is 17.7. The Balaban J connectivity index is 1.56. The first-order valence-electron chi connectivity index (χ1n) is 13.7. The van der Waals surface area contributed by atoms with E-state index < -0.39 is 32.0 Å². The molecule has 1 aromatic heterocycles. The van der Waals surface area contributed by atoms with Gasteiger partial charge >= 0.3 is 6.18 Å². The Morgan fingerprint density at radius 1 is 1.21 bits per heavy atom. The van der Waals surface area contributed by atoms with Gasteiger partial charge in [0.2, 0.25) is 5.91 Å². The number of rotatable bonds is 9. The summed E-state index contributed by atoms with van der Waals surface area (Å²) in [5, 5.41) is 9.96. The first-order valence-corrected chi connectivity index (χ1v) is 17.1. The minimum Gasteiger partial charge on any atom is -0.495 e. The van der Waals surface area contributed by atoms with Crippen LogP contribution in [-0.2, 0) is 15.8 Å². The van der Waals surface area contributed by atoms with Gasteiger partial charge in [0.05, 0.1) is 53.6 Å². The molecule has 0 spiro atoms. The quantitative estimate of drug-likeness (QED) is 0.168. The predicted octanol–water partition coefficient (Wildman–Crippen LogP) is 5.30. The summed E-state index contributed by atoms with van der Waals surface area (Å²) in [6, 6.07) is 9.66. The number of fused-ring (bicyclic) bond motifs is 1. The van der Waals surface area contributed by atoms with E-state index in [1.807, 2.05) is 0 Å². The molecule has 1 amide bonds. The van der Waals surface area contributed by atoms with Crippen LogP contribution in [0.15, 0.2) is 36.4 Å². The molecule has 43 heavy (non-hydrogen) atoms. The zero-order valence-electron chi connectivity index (χ0n) is 24.4. The maximum Gasteiger partial charge on any atom is 0.393 e. The molecule has 7 nitrogen and oxygen atoms in total. The molecule has 1 fully saturated rings. The van der Waals surface area contributed by atoms with E-state index in [0.29, 0.717) is 50.4 Å². The molecule has 0 radical (unpaired) electrons. The van der Waals surface area contributed by atoms with Gasteiger partial charge in [-0.25, -0.2) is 4.39 Å². The van der Waals surface area contributed by atoms with Crippen LogP contribution in [0, 0.1) is 11.8 Å². The lowest BCUT2D eigenvalue weighted by Crippen LogP contribution is -2.50. The highest BCUT2D eigenvalue weighted by molar-refractivity contribution is 7.70. The standard InChI is InChI=1S/C30H35F4N4O3PS/c1-35-28(39)18-38-14-12-23(22(31)17-38)37-25-8-5-7-20-21(16-30(32,33)34)27(43-29(20)25)9-6-13-36-24-11-10-19(42(3,4)40)15-26(24)41-2/h5,7-8,10-11,15,22-23,36-37H,12-14,16-18H2,1-4H3,(H,35,39)/t22-,23+/m0/s1. The molecular formula is C30H35F4N4O3PS. The molecule has 4 rings (SSSR count). The number of halogens is 4. The number of methoxy groups -OCH3 is 1. The van der Waals surface area contributed by atoms with E-state index in [9.17, 15) is 22.5 Å². The Hall–Kier alpha value is -3.26. The first-order chi connectivity index (χ1) is 20.3. The number of nitrogens with one attached hydrogen (secondary N) is 3. The lowest BCUT2D eigenvalue weighted by Gasteiger charge is -2.35. The zero-order chi connectivity index (χ0) is 31.4. The molecule has 1 aliphatic rings. The highest BCUT2D eigenvalue weighted by atomic mass is 32.1. The first kappa shape index (κ1) is 32.6. The summed E-state index contributed by atoms with van der Waals surface area (Å²) in [5.74, 6) is 6.13. The third-order valence-corrected chi connectivity index (χ3v) is 9.90. The van der Waals surface area contributed by atoms with Crippen molar-refractivity contribution < 1.29 is 31.7 Å². The lowest BCUT2D eigenvalue weighted by atomic mass is 10.0. The van der Waals surface area contributed by atoms with Gasteiger partial charge in [-0.2, -0.15) is 13.2 Å². The zero-order valence-corrected chi connectivity index (χ0v) is 26.1. The topological polar surface area (TPSA) is 82.7 Å². The molecule has 3 aromatic rings. The summed E-state index contributed by atoms with van der Waals surface area (Å²) in [7, 11) is 0.542. The number of thiophene rings is 1. The summed E-state index contributed by atoms with van der Waals surface area (Å²) < 4.78 is 74.4. The van der Waals surface area contributed by atoms with Crippen LogP contribution in [0.3, 0.4) is 0 Å². The average molecular weight is 639 g/mol. The molecule has 1 saturated heterocycles. The number of alkyl halides is 4. The summed E-state index contributed by atoms with van der Waals surface area (Å²) in [6.07, 6.45) is -6.41. The summed E-state index contributed by atoms with van der Waals surface area (Å²) in [6.45, 7) is 4.17. The molecule has 232 valence electrons. The summed E-state index contributed by atoms with van der Waals surface area (Å²) >= 11 is 1.15. The molecular weight excluding hydrogens is 603 g/mol. The van der Waals surface area contributed by atoms with Crippen LogP contribution in [0.5, 0.6) is 5.75 Å². The van der Waals surface area contributed by atoms with Gasteiger partial charge in [-0.3, -0.25) is 9.69 Å². The van der Waals surface area contributed by atoms with Crippen molar-refractivity contribution in [3.8, 4) is 17.6 Å². The van der Waals surface area contributed by atoms with E-state index in [1.54, 1.807) is 54.6 Å². The van der Waals surface area contributed by atoms with Gasteiger partial charge in [0.25, 0.3) is 0 Å². The highest BCUT2D eigenvalue weighted by Crippen LogP contribution is 2.40. The largest absolute Gasteiger partial charge is 0.495 e. The number of piperidine rings is 1. The molecule has 0 unspecified atom stereocenters. The van der Waals surface area contributed by atoms with Crippen LogP contribution in [0.4, 0.5) is 28.9 Å². The van der Waals surface area contributed by atoms with Crippen LogP contribution < -0.4 is 26.0 Å². The Bertz CT molecular complexity index is 1580. The van der Waals surface area contributed by atoms with Crippen molar-refractivity contribution in [1.29, 1.82) is 0 Å². The van der Waals surface area contributed by atoms with Gasteiger partial charge in [-0.05, 0) is 55.0 Å². The van der Waals surface area contributed by atoms with Crippen molar-refractivity contribution in [3.63, 3.8) is 0 Å². The Kier molecular flexibility index (Phi) is 10.3. The number of carbonyl (C=O) groups is 1. The number of carbonyl (C=O) groups excluding carboxylic acids is 1. The minimum absolute atomic E-state index is 0.0816. The highest BCUT2D eigenvalue weighted by Gasteiger charge is 2.33. The maximum atomic E-state index is 15.1. The molecule has 2 atom stereocenters. The van der Waals surface area contributed by atoms with E-state index in [4.69, 9.17) is 4.74 Å². The van der Waals surface area contributed by atoms with E-state index in [1.165, 1.54) is 14.2 Å². The molecule has 13 heteroatoms. The number of likely N-dealkylation sites (tertiary alicyclic amines) is 1. The van der Waals surface area contributed by atoms with Crippen molar-refractivity contribution in [2.24, 2.45) is 0 Å². The fourth-order valence-corrected chi connectivity index (χ4v) is 6.97. The summed E-state index contributed by atoms with van der Waals surface area (Å²) in [5.41, 5.74) is 1.26. The number of hydrogen-bond acceptors (Lipinski definition) is 7. The summed E-state index contributed by atoms with van der Waals surface area (Å²) in [4.78, 5) is 13.7. The van der Waals surface area contributed by atoms with Crippen molar-refractivity contribution >= 4 is 51.2 Å². The number of hydrogen-bond donors (Lipinski definition) is 3. The Morgan fingerprint density at radius 2 is 1.98 bits per heavy atom. The number of likely N-dealkylation sites (N-methyl/N-ethyl adjacent to an activating group) is 1. The second kappa shape index (κ2) is 13.6. The van der Waals surface area contributed by atoms with Crippen molar-refractivity contribution in [3.05, 3.63) is 46.8 Å². The minimum atomic E-state index is -4.44. The fourth-order valence-electron chi connectivity index (χ4n) is 4.94. The molecule has 3 N–H and O–H groups in total. The van der Waals surface area contributed by atoms with Crippen LogP contribution in [-0.4, -0.2) is 82.9 Å². The molecule has 0 aliphatic carbocycles. The van der Waals surface area contributed by atoms with E-state index in [-0.39, 0.29) is 31.1 Å². The van der Waals surface area contributed by atoms with E-state index in [0.717, 1.165) is 11.3 Å². The fraction of sp³-hybridized carbons (Fsp3) is 0.433. The molecule has 2 aromatic carbocycles. The van der Waals surface area contributed by atoms with E-state index in [2.05, 4.69) is 27.8 Å². The van der Waals surface area contributed by atoms with Gasteiger partial charge in [0, 0.05) is 25.4 Å². The number of anilines is 2. The van der Waals surface area contributed by atoms with Crippen molar-refractivity contribution in [2.75, 3.05) is 64.3 Å². The van der Waals surface area contributed by atoms with E-state index >= 15 is 4.39 Å². The van der Waals surface area contributed by atoms with Gasteiger partial charge in [-0.15, -0.1) is 11.3 Å². The molecule has 0 bridgehead atoms. The second-order valence-corrected chi connectivity index (χ2v) is 15.0. The number of amides is 1. The Labute approximate surface area is 252 Å². The molecule has 0 saturated carbocycles. The maximum absolute atomic E-state index is 15.1. The van der Waals surface area contributed by atoms with Crippen LogP contribution in [0.1, 0.15) is 16.9 Å². The SMILES string of the molecule is CNC(=O)CN1CC[C@@H](Nc2cccc3c(CC(F)(F)F)c(C#CCNc4ccc(P(C)(C)=O)cc4OC)sc23)[C@@H](F)C1. The molecule has 2 heterocycles. The van der Waals surface area contributed by atoms with Gasteiger partial charge < -0.3 is 25.3 Å². The Morgan fingerprint density at radius 3 is 2.63 bits per heavy atom. The smallest absolute Gasteiger partial charge is 0.393 e. The van der Waals surface area contributed by atoms with Crippen LogP contribution >= 0.6 is 18.5 Å². The van der Waals surface area contributed by atoms with Crippen molar-refractivity contribution in [1.82, 2.24) is 10.2 Å². The predicted molar refractivity (Wildman–Crippen MR) is 166 cm³/mol. The second-order valence-electron chi connectivity index (χ2n) is 10.7. The molecule has 1 aliphatic heterocycles. The third-order valence-electron chi connectivity index (χ3n) is 7.18. The lowest BCUT2D eigenvalue weighted by molar-refractivity contribution is -0.127. The van der Waals surface area contributed by atoms with Crippen molar-refractivity contribution in [2.45, 2.75) is 31.2 Å². The van der Waals surface area contributed by atoms with Gasteiger partial charge in [-0.1, -0.05) is 24.0 Å². The average Bonchev–Trinajstić information content (AvgIpc) is 3.28. The monoisotopic (exact) mass is 638 g/mol. The van der Waals surface area contributed by atoms with Gasteiger partial charge in [0.15, 0.2) is 0 Å². The number of ether oxygens (including phenoxy) is 1. The number of nitrogens with zero attached hydrogens (tertiary/aromatic N) is 1. The van der Waals surface area contributed by atoms with Crippen LogP contribution in [0.25, 0.3) is 10.1 Å². The number of benzene rings is 2. The van der Waals surface area contributed by atoms with Gasteiger partial charge in [0.1, 0.15) is 19.1 Å². The third kappa shape index (κ3) is 8.43. The van der Waals surface area contributed by atoms with Crippen LogP contribution in [0.2, 0.25) is 0 Å².